The molecule has 1 rings (SSSR count). The normalized spacial score (nSPS) is 10.0. The van der Waals surface area contributed by atoms with Crippen LogP contribution in [0.25, 0.3) is 6.08 Å². The van der Waals surface area contributed by atoms with Gasteiger partial charge in [0.25, 0.3) is 0 Å². The van der Waals surface area contributed by atoms with Gasteiger partial charge in [-0.2, -0.15) is 0 Å². The van der Waals surface area contributed by atoms with E-state index in [0.29, 0.717) is 0 Å². The van der Waals surface area contributed by atoms with Crippen molar-refractivity contribution < 1.29 is 5.11 Å². The Labute approximate surface area is 87.2 Å². The molecule has 0 radical (unpaired) electrons. The molecular formula is C11H13BrO. The van der Waals surface area contributed by atoms with Gasteiger partial charge in [0.1, 0.15) is 0 Å². The smallest absolute Gasteiger partial charge is 0.0434 e. The number of benzene rings is 1. The molecule has 0 atom stereocenters. The SMILES string of the molecule is C=Cc1cccc(Br)c1CCCO. The third-order valence-corrected chi connectivity index (χ3v) is 2.70. The van der Waals surface area contributed by atoms with Crippen molar-refractivity contribution in [3.05, 3.63) is 40.4 Å². The van der Waals surface area contributed by atoms with Crippen molar-refractivity contribution in [1.82, 2.24) is 0 Å². The summed E-state index contributed by atoms with van der Waals surface area (Å²) >= 11 is 3.49. The molecule has 0 amide bonds. The van der Waals surface area contributed by atoms with Crippen LogP contribution in [0.5, 0.6) is 0 Å². The van der Waals surface area contributed by atoms with E-state index in [-0.39, 0.29) is 6.61 Å². The van der Waals surface area contributed by atoms with Crippen molar-refractivity contribution in [3.8, 4) is 0 Å². The first-order valence-electron chi connectivity index (χ1n) is 4.30. The van der Waals surface area contributed by atoms with Crippen LogP contribution in [0.15, 0.2) is 29.3 Å². The lowest BCUT2D eigenvalue weighted by Gasteiger charge is -2.07. The highest BCUT2D eigenvalue weighted by Crippen LogP contribution is 2.22. The van der Waals surface area contributed by atoms with Gasteiger partial charge in [-0.3, -0.25) is 0 Å². The largest absolute Gasteiger partial charge is 0.396 e. The van der Waals surface area contributed by atoms with E-state index in [9.17, 15) is 0 Å². The van der Waals surface area contributed by atoms with Crippen LogP contribution in [-0.2, 0) is 6.42 Å². The molecule has 70 valence electrons. The van der Waals surface area contributed by atoms with E-state index in [0.717, 1.165) is 22.9 Å². The van der Waals surface area contributed by atoms with E-state index < -0.39 is 0 Å². The second-order valence-corrected chi connectivity index (χ2v) is 3.69. The molecular weight excluding hydrogens is 228 g/mol. The monoisotopic (exact) mass is 240 g/mol. The molecule has 0 bridgehead atoms. The minimum atomic E-state index is 0.234. The van der Waals surface area contributed by atoms with Crippen LogP contribution < -0.4 is 0 Å². The van der Waals surface area contributed by atoms with Crippen LogP contribution in [0, 0.1) is 0 Å². The standard InChI is InChI=1S/C11H13BrO/c1-2-9-5-3-7-11(12)10(9)6-4-8-13/h2-3,5,7,13H,1,4,6,8H2. The summed E-state index contributed by atoms with van der Waals surface area (Å²) in [6.07, 6.45) is 3.53. The molecule has 0 aliphatic heterocycles. The Hall–Kier alpha value is -0.600. The predicted molar refractivity (Wildman–Crippen MR) is 59.6 cm³/mol. The second kappa shape index (κ2) is 5.20. The molecule has 0 aliphatic carbocycles. The van der Waals surface area contributed by atoms with Crippen LogP contribution in [-0.4, -0.2) is 11.7 Å². The molecule has 13 heavy (non-hydrogen) atoms. The molecule has 1 N–H and O–H groups in total. The Kier molecular flexibility index (Phi) is 4.19. The Balaban J connectivity index is 2.93. The molecule has 0 unspecified atom stereocenters. The van der Waals surface area contributed by atoms with Crippen molar-refractivity contribution in [3.63, 3.8) is 0 Å². The number of halogens is 1. The molecule has 0 aliphatic rings. The van der Waals surface area contributed by atoms with Gasteiger partial charge in [-0.25, -0.2) is 0 Å². The Morgan fingerprint density at radius 2 is 2.23 bits per heavy atom. The molecule has 2 heteroatoms. The molecule has 0 saturated carbocycles. The molecule has 1 aromatic rings. The van der Waals surface area contributed by atoms with Gasteiger partial charge >= 0.3 is 0 Å². The summed E-state index contributed by atoms with van der Waals surface area (Å²) in [5.74, 6) is 0. The summed E-state index contributed by atoms with van der Waals surface area (Å²) in [4.78, 5) is 0. The maximum absolute atomic E-state index is 8.74. The fourth-order valence-electron chi connectivity index (χ4n) is 1.29. The van der Waals surface area contributed by atoms with E-state index in [2.05, 4.69) is 22.5 Å². The average Bonchev–Trinajstić information content (AvgIpc) is 2.15. The number of rotatable bonds is 4. The first kappa shape index (κ1) is 10.5. The Morgan fingerprint density at radius 3 is 2.85 bits per heavy atom. The van der Waals surface area contributed by atoms with E-state index in [1.807, 2.05) is 24.3 Å². The van der Waals surface area contributed by atoms with Crippen molar-refractivity contribution in [1.29, 1.82) is 0 Å². The number of hydrogen-bond acceptors (Lipinski definition) is 1. The number of aliphatic hydroxyl groups excluding tert-OH is 1. The zero-order valence-corrected chi connectivity index (χ0v) is 9.05. The molecule has 0 saturated heterocycles. The van der Waals surface area contributed by atoms with Crippen molar-refractivity contribution in [2.75, 3.05) is 6.61 Å². The zero-order chi connectivity index (χ0) is 9.68. The van der Waals surface area contributed by atoms with Crippen LogP contribution in [0.4, 0.5) is 0 Å². The third-order valence-electron chi connectivity index (χ3n) is 1.96. The maximum Gasteiger partial charge on any atom is 0.0434 e. The van der Waals surface area contributed by atoms with E-state index >= 15 is 0 Å². The molecule has 0 fully saturated rings. The average molecular weight is 241 g/mol. The van der Waals surface area contributed by atoms with Gasteiger partial charge in [0.05, 0.1) is 0 Å². The first-order chi connectivity index (χ1) is 6.29. The lowest BCUT2D eigenvalue weighted by molar-refractivity contribution is 0.288. The van der Waals surface area contributed by atoms with Gasteiger partial charge in [0.2, 0.25) is 0 Å². The van der Waals surface area contributed by atoms with Gasteiger partial charge in [0.15, 0.2) is 0 Å². The fraction of sp³-hybridized carbons (Fsp3) is 0.273. The third kappa shape index (κ3) is 2.68. The number of hydrogen-bond donors (Lipinski definition) is 1. The molecule has 1 aromatic carbocycles. The number of aliphatic hydroxyl groups is 1. The summed E-state index contributed by atoms with van der Waals surface area (Å²) in [5, 5.41) is 8.74. The molecule has 0 aromatic heterocycles. The van der Waals surface area contributed by atoms with Gasteiger partial charge in [-0.1, -0.05) is 40.7 Å². The van der Waals surface area contributed by atoms with Crippen LogP contribution in [0.2, 0.25) is 0 Å². The summed E-state index contributed by atoms with van der Waals surface area (Å²) in [6, 6.07) is 6.04. The fourth-order valence-corrected chi connectivity index (χ4v) is 1.87. The highest BCUT2D eigenvalue weighted by molar-refractivity contribution is 9.10. The Bertz CT molecular complexity index is 294. The molecule has 0 heterocycles. The zero-order valence-electron chi connectivity index (χ0n) is 7.46. The lowest BCUT2D eigenvalue weighted by Crippen LogP contribution is -1.93. The summed E-state index contributed by atoms with van der Waals surface area (Å²) in [7, 11) is 0. The molecule has 0 spiro atoms. The van der Waals surface area contributed by atoms with E-state index in [1.165, 1.54) is 5.56 Å². The summed E-state index contributed by atoms with van der Waals surface area (Å²) < 4.78 is 1.10. The van der Waals surface area contributed by atoms with E-state index in [4.69, 9.17) is 5.11 Å². The summed E-state index contributed by atoms with van der Waals surface area (Å²) in [5.41, 5.74) is 2.37. The van der Waals surface area contributed by atoms with Crippen molar-refractivity contribution in [2.45, 2.75) is 12.8 Å². The summed E-state index contributed by atoms with van der Waals surface area (Å²) in [6.45, 7) is 3.99. The Morgan fingerprint density at radius 1 is 1.46 bits per heavy atom. The topological polar surface area (TPSA) is 20.2 Å². The van der Waals surface area contributed by atoms with Crippen molar-refractivity contribution in [2.24, 2.45) is 0 Å². The predicted octanol–water partition coefficient (Wildman–Crippen LogP) is 3.02. The van der Waals surface area contributed by atoms with Crippen LogP contribution in [0.3, 0.4) is 0 Å². The van der Waals surface area contributed by atoms with Gasteiger partial charge < -0.3 is 5.11 Å². The quantitative estimate of drug-likeness (QED) is 0.859. The minimum Gasteiger partial charge on any atom is -0.396 e. The highest BCUT2D eigenvalue weighted by Gasteiger charge is 2.02. The highest BCUT2D eigenvalue weighted by atomic mass is 79.9. The van der Waals surface area contributed by atoms with E-state index in [1.54, 1.807) is 0 Å². The van der Waals surface area contributed by atoms with Gasteiger partial charge in [-0.15, -0.1) is 0 Å². The van der Waals surface area contributed by atoms with Crippen LogP contribution in [0.1, 0.15) is 17.5 Å². The first-order valence-corrected chi connectivity index (χ1v) is 5.09. The second-order valence-electron chi connectivity index (χ2n) is 2.84. The van der Waals surface area contributed by atoms with Gasteiger partial charge in [0, 0.05) is 11.1 Å². The van der Waals surface area contributed by atoms with Crippen molar-refractivity contribution >= 4 is 22.0 Å². The van der Waals surface area contributed by atoms with Crippen LogP contribution >= 0.6 is 15.9 Å². The minimum absolute atomic E-state index is 0.234. The lowest BCUT2D eigenvalue weighted by atomic mass is 10.0. The molecule has 1 nitrogen and oxygen atoms in total. The van der Waals surface area contributed by atoms with Gasteiger partial charge in [-0.05, 0) is 30.0 Å². The maximum atomic E-state index is 8.74.